The van der Waals surface area contributed by atoms with E-state index in [2.05, 4.69) is 35.0 Å². The Morgan fingerprint density at radius 3 is 2.76 bits per heavy atom. The maximum absolute atomic E-state index is 12.6. The van der Waals surface area contributed by atoms with Gasteiger partial charge >= 0.3 is 0 Å². The van der Waals surface area contributed by atoms with Crippen molar-refractivity contribution in [3.05, 3.63) is 29.5 Å². The van der Waals surface area contributed by atoms with E-state index in [1.54, 1.807) is 11.8 Å². The van der Waals surface area contributed by atoms with E-state index in [1.165, 1.54) is 12.8 Å². The van der Waals surface area contributed by atoms with Crippen LogP contribution >= 0.6 is 0 Å². The van der Waals surface area contributed by atoms with Gasteiger partial charge in [-0.1, -0.05) is 24.6 Å². The largest absolute Gasteiger partial charge is 0.444 e. The zero-order valence-corrected chi connectivity index (χ0v) is 20.7. The number of aromatic nitrogens is 1. The Labute approximate surface area is 197 Å². The fraction of sp³-hybridized carbons (Fsp3) is 0.741. The monoisotopic (exact) mass is 453 g/mol. The van der Waals surface area contributed by atoms with Crippen molar-refractivity contribution in [2.45, 2.75) is 78.2 Å². The lowest BCUT2D eigenvalue weighted by molar-refractivity contribution is -0.132. The van der Waals surface area contributed by atoms with Crippen LogP contribution in [-0.4, -0.2) is 42.1 Å². The molecule has 0 amide bonds. The molecule has 1 aromatic heterocycles. The summed E-state index contributed by atoms with van der Waals surface area (Å²) in [5.74, 6) is 4.14. The highest BCUT2D eigenvalue weighted by molar-refractivity contribution is 5.96. The van der Waals surface area contributed by atoms with Crippen LogP contribution in [0.3, 0.4) is 0 Å². The van der Waals surface area contributed by atoms with Crippen LogP contribution in [0.15, 0.2) is 27.4 Å². The summed E-state index contributed by atoms with van der Waals surface area (Å²) >= 11 is 0. The quantitative estimate of drug-likeness (QED) is 0.438. The van der Waals surface area contributed by atoms with Crippen molar-refractivity contribution < 1.29 is 14.0 Å². The Hall–Kier alpha value is -1.95. The molecule has 3 saturated carbocycles. The normalized spacial score (nSPS) is 37.0. The lowest BCUT2D eigenvalue weighted by Crippen LogP contribution is -2.50. The van der Waals surface area contributed by atoms with E-state index >= 15 is 0 Å². The number of fused-ring (bicyclic) bond motifs is 5. The average molecular weight is 454 g/mol. The molecule has 180 valence electrons. The third-order valence-corrected chi connectivity index (χ3v) is 9.35. The number of carbonyl (C=O) groups excluding carboxylic acids is 1. The molecule has 5 atom stereocenters. The maximum Gasteiger partial charge on any atom is 0.197 e. The Morgan fingerprint density at radius 2 is 1.94 bits per heavy atom. The third-order valence-electron chi connectivity index (χ3n) is 9.35. The van der Waals surface area contributed by atoms with Gasteiger partial charge in [0.1, 0.15) is 18.2 Å². The Bertz CT molecular complexity index is 964. The summed E-state index contributed by atoms with van der Waals surface area (Å²) in [7, 11) is 4.02. The van der Waals surface area contributed by atoms with E-state index in [-0.39, 0.29) is 10.8 Å². The van der Waals surface area contributed by atoms with Gasteiger partial charge in [-0.3, -0.25) is 4.79 Å². The molecule has 4 aliphatic rings. The zero-order valence-electron chi connectivity index (χ0n) is 20.7. The first-order chi connectivity index (χ1) is 15.8. The fourth-order valence-electron chi connectivity index (χ4n) is 7.52. The van der Waals surface area contributed by atoms with Crippen molar-refractivity contribution in [3.63, 3.8) is 0 Å². The molecule has 0 bridgehead atoms. The number of hydrogen-bond acceptors (Lipinski definition) is 6. The van der Waals surface area contributed by atoms with Gasteiger partial charge in [0.25, 0.3) is 0 Å². The smallest absolute Gasteiger partial charge is 0.197 e. The molecule has 0 saturated heterocycles. The Morgan fingerprint density at radius 1 is 1.12 bits per heavy atom. The lowest BCUT2D eigenvalue weighted by atomic mass is 9.47. The molecule has 4 aliphatic carbocycles. The number of allylic oxidation sites excluding steroid dienone is 2. The van der Waals surface area contributed by atoms with E-state index in [4.69, 9.17) is 9.25 Å². The van der Waals surface area contributed by atoms with E-state index in [9.17, 15) is 4.79 Å². The highest BCUT2D eigenvalue weighted by atomic mass is 16.6. The summed E-state index contributed by atoms with van der Waals surface area (Å²) < 4.78 is 5.75. The second-order valence-electron chi connectivity index (χ2n) is 11.5. The van der Waals surface area contributed by atoms with Crippen LogP contribution in [0.2, 0.25) is 0 Å². The first kappa shape index (κ1) is 22.8. The number of oxime groups is 1. The van der Waals surface area contributed by atoms with Crippen molar-refractivity contribution in [2.75, 3.05) is 20.7 Å². The van der Waals surface area contributed by atoms with Gasteiger partial charge in [0, 0.05) is 11.8 Å². The Balaban J connectivity index is 1.20. The predicted octanol–water partition coefficient (Wildman–Crippen LogP) is 5.18. The SMILES string of the molecule is CN(C)Cc1cnc(CCON=C2C=C3CCC4C(CC[C@]5(C)C(=O)CCC45)[C@@]3(C)CC2)o1. The number of oxazole rings is 1. The van der Waals surface area contributed by atoms with Crippen molar-refractivity contribution in [1.29, 1.82) is 0 Å². The minimum Gasteiger partial charge on any atom is -0.444 e. The number of rotatable bonds is 6. The zero-order chi connectivity index (χ0) is 23.2. The summed E-state index contributed by atoms with van der Waals surface area (Å²) in [6.07, 6.45) is 13.4. The summed E-state index contributed by atoms with van der Waals surface area (Å²) in [5.41, 5.74) is 2.85. The van der Waals surface area contributed by atoms with Crippen LogP contribution in [0, 0.1) is 28.6 Å². The molecule has 6 nitrogen and oxygen atoms in total. The standard InChI is InChI=1S/C27H39N3O3/c1-26-12-9-19(29-32-14-11-25-28-16-20(33-25)17-30(3)4)15-18(26)5-6-21-22-7-8-24(31)27(22,2)13-10-23(21)26/h15-16,21-23H,5-14,17H2,1-4H3/t21?,22?,23?,26-,27-/m0/s1. The van der Waals surface area contributed by atoms with Gasteiger partial charge in [-0.15, -0.1) is 0 Å². The van der Waals surface area contributed by atoms with Gasteiger partial charge < -0.3 is 14.2 Å². The number of carbonyl (C=O) groups is 1. The number of Topliss-reactive ketones (excluding diaryl/α,β-unsaturated/α-hetero) is 1. The van der Waals surface area contributed by atoms with Crippen LogP contribution in [-0.2, 0) is 22.6 Å². The molecule has 3 fully saturated rings. The third kappa shape index (κ3) is 4.09. The molecule has 1 heterocycles. The molecule has 6 heteroatoms. The van der Waals surface area contributed by atoms with Crippen molar-refractivity contribution in [2.24, 2.45) is 33.7 Å². The molecular weight excluding hydrogens is 414 g/mol. The molecule has 5 rings (SSSR count). The molecule has 3 unspecified atom stereocenters. The van der Waals surface area contributed by atoms with E-state index < -0.39 is 0 Å². The van der Waals surface area contributed by atoms with E-state index in [0.717, 1.165) is 56.5 Å². The predicted molar refractivity (Wildman–Crippen MR) is 128 cm³/mol. The Kier molecular flexibility index (Phi) is 6.00. The topological polar surface area (TPSA) is 67.9 Å². The van der Waals surface area contributed by atoms with Gasteiger partial charge in [-0.2, -0.15) is 0 Å². The molecular formula is C27H39N3O3. The minimum atomic E-state index is -0.0378. The second kappa shape index (κ2) is 8.68. The van der Waals surface area contributed by atoms with Gasteiger partial charge in [-0.05, 0) is 88.3 Å². The van der Waals surface area contributed by atoms with E-state index in [1.807, 2.05) is 14.1 Å². The van der Waals surface area contributed by atoms with Crippen molar-refractivity contribution in [1.82, 2.24) is 9.88 Å². The van der Waals surface area contributed by atoms with Crippen LogP contribution in [0.5, 0.6) is 0 Å². The van der Waals surface area contributed by atoms with Crippen LogP contribution in [0.4, 0.5) is 0 Å². The molecule has 0 spiro atoms. The van der Waals surface area contributed by atoms with Crippen molar-refractivity contribution >= 4 is 11.5 Å². The number of hydrogen-bond donors (Lipinski definition) is 0. The molecule has 0 N–H and O–H groups in total. The summed E-state index contributed by atoms with van der Waals surface area (Å²) in [4.78, 5) is 24.7. The molecule has 0 radical (unpaired) electrons. The van der Waals surface area contributed by atoms with Crippen molar-refractivity contribution in [3.8, 4) is 0 Å². The summed E-state index contributed by atoms with van der Waals surface area (Å²) in [5, 5.41) is 4.47. The number of ketones is 1. The second-order valence-corrected chi connectivity index (χ2v) is 11.5. The maximum atomic E-state index is 12.6. The van der Waals surface area contributed by atoms with E-state index in [0.29, 0.717) is 42.5 Å². The minimum absolute atomic E-state index is 0.0378. The molecule has 0 aromatic carbocycles. The molecule has 0 aliphatic heterocycles. The van der Waals surface area contributed by atoms with Gasteiger partial charge in [0.2, 0.25) is 0 Å². The van der Waals surface area contributed by atoms with Gasteiger partial charge in [0.15, 0.2) is 5.89 Å². The molecule has 33 heavy (non-hydrogen) atoms. The van der Waals surface area contributed by atoms with Crippen LogP contribution in [0.1, 0.15) is 76.9 Å². The fourth-order valence-corrected chi connectivity index (χ4v) is 7.52. The number of nitrogens with zero attached hydrogens (tertiary/aromatic N) is 3. The summed E-state index contributed by atoms with van der Waals surface area (Å²) in [6, 6.07) is 0. The highest BCUT2D eigenvalue weighted by Crippen LogP contribution is 2.64. The molecule has 1 aromatic rings. The highest BCUT2D eigenvalue weighted by Gasteiger charge is 2.58. The average Bonchev–Trinajstić information content (AvgIpc) is 3.34. The summed E-state index contributed by atoms with van der Waals surface area (Å²) in [6.45, 7) is 5.98. The lowest BCUT2D eigenvalue weighted by Gasteiger charge is -2.57. The van der Waals surface area contributed by atoms with Gasteiger partial charge in [-0.25, -0.2) is 4.98 Å². The first-order valence-electron chi connectivity index (χ1n) is 12.8. The van der Waals surface area contributed by atoms with Crippen LogP contribution in [0.25, 0.3) is 0 Å². The van der Waals surface area contributed by atoms with Crippen LogP contribution < -0.4 is 0 Å². The first-order valence-corrected chi connectivity index (χ1v) is 12.8. The van der Waals surface area contributed by atoms with Gasteiger partial charge in [0.05, 0.1) is 24.9 Å².